The van der Waals surface area contributed by atoms with Crippen LogP contribution >= 0.6 is 0 Å². The van der Waals surface area contributed by atoms with Gasteiger partial charge < -0.3 is 16.8 Å². The van der Waals surface area contributed by atoms with E-state index in [4.69, 9.17) is 11.5 Å². The lowest BCUT2D eigenvalue weighted by Gasteiger charge is -2.06. The number of carbonyl (C=O) groups excluding carboxylic acids is 1. The average molecular weight is 222 g/mol. The number of hydrogen-bond donors (Lipinski definition) is 3. The molecule has 0 aliphatic rings. The monoisotopic (exact) mass is 222 g/mol. The minimum atomic E-state index is -0.249. The highest BCUT2D eigenvalue weighted by Gasteiger charge is 1.98. The number of aryl methyl sites for hydroxylation is 1. The van der Waals surface area contributed by atoms with E-state index in [9.17, 15) is 4.79 Å². The first kappa shape index (κ1) is 12.3. The Labute approximate surface area is 95.2 Å². The van der Waals surface area contributed by atoms with Crippen LogP contribution in [0.15, 0.2) is 12.1 Å². The summed E-state index contributed by atoms with van der Waals surface area (Å²) in [4.78, 5) is 14.8. The van der Waals surface area contributed by atoms with Crippen LogP contribution in [-0.4, -0.2) is 17.4 Å². The molecule has 0 aromatic carbocycles. The number of carbonyl (C=O) groups is 1. The lowest BCUT2D eigenvalue weighted by molar-refractivity contribution is -0.118. The van der Waals surface area contributed by atoms with Gasteiger partial charge in [0.05, 0.1) is 11.4 Å². The fourth-order valence-electron chi connectivity index (χ4n) is 1.31. The van der Waals surface area contributed by atoms with Gasteiger partial charge in [-0.25, -0.2) is 4.98 Å². The molecule has 0 saturated heterocycles. The normalized spacial score (nSPS) is 10.1. The summed E-state index contributed by atoms with van der Waals surface area (Å²) in [6, 6.07) is 3.67. The molecule has 5 N–H and O–H groups in total. The molecule has 0 spiro atoms. The summed E-state index contributed by atoms with van der Waals surface area (Å²) in [5.74, 6) is 0.562. The summed E-state index contributed by atoms with van der Waals surface area (Å²) < 4.78 is 0. The number of nitrogens with two attached hydrogens (primary N) is 2. The maximum atomic E-state index is 10.5. The number of unbranched alkanes of at least 4 members (excludes halogenated alkanes) is 1. The molecule has 0 saturated carbocycles. The molecule has 5 nitrogen and oxygen atoms in total. The second-order valence-corrected chi connectivity index (χ2v) is 3.72. The van der Waals surface area contributed by atoms with E-state index in [1.807, 2.05) is 19.1 Å². The first-order valence-corrected chi connectivity index (χ1v) is 5.35. The van der Waals surface area contributed by atoms with Gasteiger partial charge in [0, 0.05) is 13.0 Å². The second-order valence-electron chi connectivity index (χ2n) is 3.72. The van der Waals surface area contributed by atoms with Crippen molar-refractivity contribution in [2.45, 2.75) is 26.2 Å². The quantitative estimate of drug-likeness (QED) is 0.627. The van der Waals surface area contributed by atoms with Gasteiger partial charge in [-0.05, 0) is 31.9 Å². The molecule has 0 atom stereocenters. The lowest BCUT2D eigenvalue weighted by Crippen LogP contribution is -2.11. The number of nitrogen functional groups attached to an aromatic ring is 1. The number of amides is 1. The van der Waals surface area contributed by atoms with E-state index in [2.05, 4.69) is 10.3 Å². The van der Waals surface area contributed by atoms with E-state index in [1.54, 1.807) is 0 Å². The van der Waals surface area contributed by atoms with E-state index in [0.717, 1.165) is 30.9 Å². The summed E-state index contributed by atoms with van der Waals surface area (Å²) in [5.41, 5.74) is 12.2. The fourth-order valence-corrected chi connectivity index (χ4v) is 1.31. The van der Waals surface area contributed by atoms with Crippen LogP contribution in [0, 0.1) is 6.92 Å². The third-order valence-electron chi connectivity index (χ3n) is 2.28. The number of anilines is 2. The Morgan fingerprint density at radius 2 is 2.19 bits per heavy atom. The summed E-state index contributed by atoms with van der Waals surface area (Å²) in [7, 11) is 0. The molecule has 0 fully saturated rings. The number of aromatic nitrogens is 1. The molecule has 0 radical (unpaired) electrons. The Balaban J connectivity index is 2.27. The summed E-state index contributed by atoms with van der Waals surface area (Å²) in [5, 5.41) is 3.17. The van der Waals surface area contributed by atoms with Gasteiger partial charge in [-0.2, -0.15) is 0 Å². The van der Waals surface area contributed by atoms with Crippen molar-refractivity contribution in [1.29, 1.82) is 0 Å². The van der Waals surface area contributed by atoms with Crippen LogP contribution < -0.4 is 16.8 Å². The largest absolute Gasteiger partial charge is 0.397 e. The number of nitrogens with one attached hydrogen (secondary N) is 1. The van der Waals surface area contributed by atoms with Gasteiger partial charge in [-0.15, -0.1) is 0 Å². The number of pyridine rings is 1. The van der Waals surface area contributed by atoms with Crippen LogP contribution in [0.25, 0.3) is 0 Å². The average Bonchev–Trinajstić information content (AvgIpc) is 2.22. The van der Waals surface area contributed by atoms with Crippen molar-refractivity contribution in [1.82, 2.24) is 4.98 Å². The molecule has 0 unspecified atom stereocenters. The first-order chi connectivity index (χ1) is 7.59. The Morgan fingerprint density at radius 1 is 1.44 bits per heavy atom. The zero-order chi connectivity index (χ0) is 12.0. The first-order valence-electron chi connectivity index (χ1n) is 5.35. The summed E-state index contributed by atoms with van der Waals surface area (Å²) in [6.45, 7) is 2.65. The van der Waals surface area contributed by atoms with Crippen molar-refractivity contribution >= 4 is 17.4 Å². The fraction of sp³-hybridized carbons (Fsp3) is 0.455. The molecule has 0 aliphatic heterocycles. The number of hydrogen-bond acceptors (Lipinski definition) is 4. The van der Waals surface area contributed by atoms with E-state index < -0.39 is 0 Å². The number of primary amides is 1. The summed E-state index contributed by atoms with van der Waals surface area (Å²) >= 11 is 0. The van der Waals surface area contributed by atoms with Crippen LogP contribution in [0.3, 0.4) is 0 Å². The molecule has 1 amide bonds. The van der Waals surface area contributed by atoms with Gasteiger partial charge in [0.2, 0.25) is 5.91 Å². The standard InChI is InChI=1S/C11H18N4O/c1-8-9(12)5-6-11(15-8)14-7-3-2-4-10(13)16/h5-6H,2-4,7,12H2,1H3,(H2,13,16)(H,14,15). The number of nitrogens with zero attached hydrogens (tertiary/aromatic N) is 1. The molecule has 0 aliphatic carbocycles. The zero-order valence-electron chi connectivity index (χ0n) is 9.49. The SMILES string of the molecule is Cc1nc(NCCCCC(N)=O)ccc1N. The predicted molar refractivity (Wildman–Crippen MR) is 64.9 cm³/mol. The van der Waals surface area contributed by atoms with Crippen molar-refractivity contribution in [3.05, 3.63) is 17.8 Å². The second kappa shape index (κ2) is 5.95. The smallest absolute Gasteiger partial charge is 0.217 e. The van der Waals surface area contributed by atoms with E-state index in [0.29, 0.717) is 12.1 Å². The van der Waals surface area contributed by atoms with Crippen molar-refractivity contribution in [2.75, 3.05) is 17.6 Å². The van der Waals surface area contributed by atoms with Crippen molar-refractivity contribution in [2.24, 2.45) is 5.73 Å². The van der Waals surface area contributed by atoms with Gasteiger partial charge in [0.15, 0.2) is 0 Å². The van der Waals surface area contributed by atoms with Crippen LogP contribution in [-0.2, 0) is 4.79 Å². The molecule has 1 rings (SSSR count). The van der Waals surface area contributed by atoms with E-state index in [1.165, 1.54) is 0 Å². The molecule has 1 aromatic heterocycles. The molecule has 1 heterocycles. The molecule has 88 valence electrons. The van der Waals surface area contributed by atoms with Crippen molar-refractivity contribution in [3.63, 3.8) is 0 Å². The minimum Gasteiger partial charge on any atom is -0.397 e. The van der Waals surface area contributed by atoms with E-state index in [-0.39, 0.29) is 5.91 Å². The van der Waals surface area contributed by atoms with Crippen LogP contribution in [0.4, 0.5) is 11.5 Å². The Kier molecular flexibility index (Phi) is 4.57. The van der Waals surface area contributed by atoms with Gasteiger partial charge >= 0.3 is 0 Å². The van der Waals surface area contributed by atoms with Gasteiger partial charge in [0.1, 0.15) is 5.82 Å². The Hall–Kier alpha value is -1.78. The van der Waals surface area contributed by atoms with Crippen molar-refractivity contribution < 1.29 is 4.79 Å². The van der Waals surface area contributed by atoms with E-state index >= 15 is 0 Å². The van der Waals surface area contributed by atoms with Gasteiger partial charge in [-0.1, -0.05) is 0 Å². The summed E-state index contributed by atoms with van der Waals surface area (Å²) in [6.07, 6.45) is 2.14. The van der Waals surface area contributed by atoms with Crippen LogP contribution in [0.5, 0.6) is 0 Å². The molecular formula is C11H18N4O. The predicted octanol–water partition coefficient (Wildman–Crippen LogP) is 1.04. The van der Waals surface area contributed by atoms with Crippen LogP contribution in [0.1, 0.15) is 25.0 Å². The third kappa shape index (κ3) is 4.16. The Bertz CT molecular complexity index is 365. The zero-order valence-corrected chi connectivity index (χ0v) is 9.49. The van der Waals surface area contributed by atoms with Crippen LogP contribution in [0.2, 0.25) is 0 Å². The highest BCUT2D eigenvalue weighted by molar-refractivity contribution is 5.73. The Morgan fingerprint density at radius 3 is 2.81 bits per heavy atom. The third-order valence-corrected chi connectivity index (χ3v) is 2.28. The van der Waals surface area contributed by atoms with Crippen molar-refractivity contribution in [3.8, 4) is 0 Å². The highest BCUT2D eigenvalue weighted by Crippen LogP contribution is 2.11. The lowest BCUT2D eigenvalue weighted by atomic mass is 10.2. The van der Waals surface area contributed by atoms with Gasteiger partial charge in [0.25, 0.3) is 0 Å². The topological polar surface area (TPSA) is 94.0 Å². The molecule has 0 bridgehead atoms. The highest BCUT2D eigenvalue weighted by atomic mass is 16.1. The molecule has 5 heteroatoms. The molecule has 1 aromatic rings. The molecule has 16 heavy (non-hydrogen) atoms. The van der Waals surface area contributed by atoms with Gasteiger partial charge in [-0.3, -0.25) is 4.79 Å². The maximum Gasteiger partial charge on any atom is 0.217 e. The molecular weight excluding hydrogens is 204 g/mol. The minimum absolute atomic E-state index is 0.249. The number of rotatable bonds is 6. The maximum absolute atomic E-state index is 10.5.